The van der Waals surface area contributed by atoms with Crippen molar-refractivity contribution in [2.24, 2.45) is 12.0 Å². The van der Waals surface area contributed by atoms with Gasteiger partial charge in [0.15, 0.2) is 5.96 Å². The molecular formula is C20H27F3IN5O2. The second-order valence-electron chi connectivity index (χ2n) is 7.17. The van der Waals surface area contributed by atoms with Crippen LogP contribution in [0.1, 0.15) is 24.7 Å². The highest BCUT2D eigenvalue weighted by Crippen LogP contribution is 2.40. The second kappa shape index (κ2) is 10.5. The number of rotatable bonds is 7. The molecule has 172 valence electrons. The summed E-state index contributed by atoms with van der Waals surface area (Å²) in [6, 6.07) is 7.75. The van der Waals surface area contributed by atoms with Crippen LogP contribution in [0.2, 0.25) is 0 Å². The lowest BCUT2D eigenvalue weighted by atomic mass is 9.97. The molecule has 0 amide bonds. The van der Waals surface area contributed by atoms with Gasteiger partial charge in [0.25, 0.3) is 0 Å². The molecule has 1 aliphatic heterocycles. The Balaban J connectivity index is 0.00000341. The maximum Gasteiger partial charge on any atom is 0.424 e. The van der Waals surface area contributed by atoms with Crippen molar-refractivity contribution >= 4 is 29.9 Å². The molecule has 1 aromatic carbocycles. The number of nitrogens with zero attached hydrogens (tertiary/aromatic N) is 3. The fraction of sp³-hybridized carbons (Fsp3) is 0.500. The van der Waals surface area contributed by atoms with Gasteiger partial charge in [0.1, 0.15) is 17.7 Å². The molecule has 2 aromatic rings. The molecule has 2 atom stereocenters. The Morgan fingerprint density at radius 2 is 2.06 bits per heavy atom. The summed E-state index contributed by atoms with van der Waals surface area (Å²) in [4.78, 5) is 8.13. The number of hydrogen-bond donors (Lipinski definition) is 3. The fourth-order valence-corrected chi connectivity index (χ4v) is 3.40. The monoisotopic (exact) mass is 553 g/mol. The topological polar surface area (TPSA) is 83.7 Å². The number of para-hydroxylation sites is 1. The number of benzene rings is 1. The van der Waals surface area contributed by atoms with E-state index in [1.807, 2.05) is 31.2 Å². The highest BCUT2D eigenvalue weighted by molar-refractivity contribution is 14.0. The normalized spacial score (nSPS) is 17.9. The zero-order valence-corrected chi connectivity index (χ0v) is 19.6. The van der Waals surface area contributed by atoms with E-state index in [4.69, 9.17) is 4.74 Å². The summed E-state index contributed by atoms with van der Waals surface area (Å²) in [5.41, 5.74) is -1.95. The van der Waals surface area contributed by atoms with E-state index < -0.39 is 24.0 Å². The quantitative estimate of drug-likeness (QED) is 0.279. The number of alkyl halides is 3. The summed E-state index contributed by atoms with van der Waals surface area (Å²) >= 11 is 0. The van der Waals surface area contributed by atoms with Crippen LogP contribution in [0.25, 0.3) is 0 Å². The molecule has 11 heteroatoms. The van der Waals surface area contributed by atoms with E-state index in [1.165, 1.54) is 24.0 Å². The van der Waals surface area contributed by atoms with Gasteiger partial charge in [-0.1, -0.05) is 18.2 Å². The minimum atomic E-state index is -4.87. The maximum absolute atomic E-state index is 13.6. The summed E-state index contributed by atoms with van der Waals surface area (Å²) in [5.74, 6) is 0.748. The van der Waals surface area contributed by atoms with Crippen LogP contribution in [-0.4, -0.2) is 52.5 Å². The molecule has 7 nitrogen and oxygen atoms in total. The highest BCUT2D eigenvalue weighted by Gasteiger charge is 2.57. The van der Waals surface area contributed by atoms with Crippen molar-refractivity contribution < 1.29 is 23.0 Å². The van der Waals surface area contributed by atoms with Gasteiger partial charge in [-0.25, -0.2) is 9.98 Å². The van der Waals surface area contributed by atoms with Crippen LogP contribution in [-0.2, 0) is 19.1 Å². The number of hydrogen-bond acceptors (Lipinski definition) is 4. The van der Waals surface area contributed by atoms with Gasteiger partial charge >= 0.3 is 6.18 Å². The molecular weight excluding hydrogens is 526 g/mol. The van der Waals surface area contributed by atoms with E-state index in [2.05, 4.69) is 20.6 Å². The molecule has 0 radical (unpaired) electrons. The van der Waals surface area contributed by atoms with E-state index in [0.29, 0.717) is 19.0 Å². The first-order valence-corrected chi connectivity index (χ1v) is 9.78. The molecule has 2 heterocycles. The van der Waals surface area contributed by atoms with Crippen LogP contribution in [0.4, 0.5) is 13.2 Å². The number of imidazole rings is 1. The van der Waals surface area contributed by atoms with Gasteiger partial charge in [-0.3, -0.25) is 0 Å². The average Bonchev–Trinajstić information content (AvgIpc) is 3.30. The van der Waals surface area contributed by atoms with Gasteiger partial charge in [-0.15, -0.1) is 24.0 Å². The minimum absolute atomic E-state index is 0. The molecule has 0 bridgehead atoms. The average molecular weight is 553 g/mol. The lowest BCUT2D eigenvalue weighted by molar-refractivity contribution is -0.272. The van der Waals surface area contributed by atoms with Crippen molar-refractivity contribution in [3.05, 3.63) is 48.0 Å². The van der Waals surface area contributed by atoms with Crippen LogP contribution in [0.15, 0.2) is 41.7 Å². The predicted octanol–water partition coefficient (Wildman–Crippen LogP) is 2.74. The van der Waals surface area contributed by atoms with Crippen molar-refractivity contribution in [3.8, 4) is 5.75 Å². The molecule has 31 heavy (non-hydrogen) atoms. The molecule has 2 unspecified atom stereocenters. The van der Waals surface area contributed by atoms with Gasteiger partial charge in [0, 0.05) is 45.4 Å². The predicted molar refractivity (Wildman–Crippen MR) is 122 cm³/mol. The Labute approximate surface area is 196 Å². The second-order valence-corrected chi connectivity index (χ2v) is 7.17. The number of fused-ring (bicyclic) bond motifs is 1. The van der Waals surface area contributed by atoms with Gasteiger partial charge in [-0.2, -0.15) is 13.2 Å². The number of aliphatic imine (C=N–C) groups is 1. The number of ether oxygens (including phenoxy) is 1. The van der Waals surface area contributed by atoms with Crippen molar-refractivity contribution in [1.82, 2.24) is 20.2 Å². The van der Waals surface area contributed by atoms with Crippen molar-refractivity contribution in [1.29, 1.82) is 0 Å². The summed E-state index contributed by atoms with van der Waals surface area (Å²) < 4.78 is 47.8. The Kier molecular flexibility index (Phi) is 8.57. The number of aromatic nitrogens is 2. The fourth-order valence-electron chi connectivity index (χ4n) is 3.40. The smallest absolute Gasteiger partial charge is 0.424 e. The first-order valence-electron chi connectivity index (χ1n) is 9.78. The van der Waals surface area contributed by atoms with Crippen LogP contribution in [0.3, 0.4) is 0 Å². The minimum Gasteiger partial charge on any atom is -0.488 e. The Bertz CT molecular complexity index is 865. The summed E-state index contributed by atoms with van der Waals surface area (Å²) in [7, 11) is 1.41. The van der Waals surface area contributed by atoms with E-state index in [1.54, 1.807) is 0 Å². The van der Waals surface area contributed by atoms with E-state index in [-0.39, 0.29) is 36.6 Å². The van der Waals surface area contributed by atoms with E-state index >= 15 is 0 Å². The molecule has 1 aliphatic rings. The largest absolute Gasteiger partial charge is 0.488 e. The summed E-state index contributed by atoms with van der Waals surface area (Å²) in [6.07, 6.45) is -2.29. The van der Waals surface area contributed by atoms with Crippen molar-refractivity contribution in [3.63, 3.8) is 0 Å². The summed E-state index contributed by atoms with van der Waals surface area (Å²) in [5, 5.41) is 16.3. The van der Waals surface area contributed by atoms with Crippen molar-refractivity contribution in [2.75, 3.05) is 19.6 Å². The number of halogens is 4. The number of guanidine groups is 1. The van der Waals surface area contributed by atoms with Crippen LogP contribution < -0.4 is 15.4 Å². The van der Waals surface area contributed by atoms with Gasteiger partial charge in [0.05, 0.1) is 6.54 Å². The van der Waals surface area contributed by atoms with Crippen molar-refractivity contribution in [2.45, 2.75) is 37.6 Å². The van der Waals surface area contributed by atoms with E-state index in [0.717, 1.165) is 17.7 Å². The third kappa shape index (κ3) is 5.82. The Hall–Kier alpha value is -2.02. The number of aliphatic hydroxyl groups is 1. The number of nitrogens with one attached hydrogen (secondary N) is 2. The molecule has 0 fully saturated rings. The van der Waals surface area contributed by atoms with Crippen LogP contribution >= 0.6 is 24.0 Å². The van der Waals surface area contributed by atoms with Gasteiger partial charge in [-0.05, 0) is 18.6 Å². The zero-order chi connectivity index (χ0) is 21.8. The molecule has 3 rings (SSSR count). The molecule has 0 saturated heterocycles. The molecule has 1 aromatic heterocycles. The lowest BCUT2D eigenvalue weighted by Gasteiger charge is -2.30. The SMILES string of the molecule is CCNC(=NCC1Cc2ccccc2O1)NCCC(O)(c1nccn1C)C(F)(F)F.I. The van der Waals surface area contributed by atoms with Gasteiger partial charge in [0.2, 0.25) is 5.60 Å². The Morgan fingerprint density at radius 3 is 2.68 bits per heavy atom. The standard InChI is InChI=1S/C20H26F3N5O2.HI/c1-3-24-18(27-13-15-12-14-6-4-5-7-16(14)30-15)26-9-8-19(29,20(21,22)23)17-25-10-11-28(17)2;/h4-7,10-11,15,29H,3,8-9,12-13H2,1-2H3,(H2,24,26,27);1H. The molecule has 0 spiro atoms. The summed E-state index contributed by atoms with van der Waals surface area (Å²) in [6.45, 7) is 2.60. The lowest BCUT2D eigenvalue weighted by Crippen LogP contribution is -2.48. The third-order valence-corrected chi connectivity index (χ3v) is 4.95. The zero-order valence-electron chi connectivity index (χ0n) is 17.3. The third-order valence-electron chi connectivity index (χ3n) is 4.95. The molecule has 0 aliphatic carbocycles. The molecule has 3 N–H and O–H groups in total. The Morgan fingerprint density at radius 1 is 1.32 bits per heavy atom. The van der Waals surface area contributed by atoms with E-state index in [9.17, 15) is 18.3 Å². The number of aryl methyl sites for hydroxylation is 1. The highest BCUT2D eigenvalue weighted by atomic mass is 127. The van der Waals surface area contributed by atoms with Gasteiger partial charge < -0.3 is 25.0 Å². The first kappa shape index (κ1) is 25.2. The van der Waals surface area contributed by atoms with Crippen LogP contribution in [0.5, 0.6) is 5.75 Å². The first-order chi connectivity index (χ1) is 14.2. The van der Waals surface area contributed by atoms with Crippen LogP contribution in [0, 0.1) is 0 Å². The maximum atomic E-state index is 13.6. The molecule has 0 saturated carbocycles.